The number of benzene rings is 1. The summed E-state index contributed by atoms with van der Waals surface area (Å²) in [5.41, 5.74) is 1.76. The van der Waals surface area contributed by atoms with Gasteiger partial charge in [-0.05, 0) is 36.8 Å². The molecule has 1 amide bonds. The number of hydrogen-bond donors (Lipinski definition) is 2. The molecule has 1 heterocycles. The Bertz CT molecular complexity index is 599. The fourth-order valence-corrected chi connectivity index (χ4v) is 1.77. The number of amides is 1. The summed E-state index contributed by atoms with van der Waals surface area (Å²) in [7, 11) is 0. The molecule has 0 fully saturated rings. The number of hydrogen-bond acceptors (Lipinski definition) is 3. The number of rotatable bonds is 3. The molecule has 1 N–H and O–H groups in total. The third-order valence-corrected chi connectivity index (χ3v) is 2.90. The van der Waals surface area contributed by atoms with Gasteiger partial charge in [0.15, 0.2) is 0 Å². The largest absolute Gasteiger partial charge is 0.348 e. The minimum Gasteiger partial charge on any atom is -0.348 e. The first kappa shape index (κ1) is 13.5. The summed E-state index contributed by atoms with van der Waals surface area (Å²) < 4.78 is 13.5. The van der Waals surface area contributed by atoms with Gasteiger partial charge in [-0.3, -0.25) is 9.78 Å². The number of carbonyl (C=O) groups excluding carboxylic acids is 1. The standard InChI is InChI=1S/C14H13FN2OS/c1-9-2-3-10(7-16-9)8-17-14(18)12-6-11(19)4-5-13(12)15/h2-7,19H,8H2,1H3,(H,17,18). The molecule has 0 aliphatic heterocycles. The van der Waals surface area contributed by atoms with Crippen LogP contribution >= 0.6 is 12.6 Å². The molecule has 0 atom stereocenters. The van der Waals surface area contributed by atoms with Gasteiger partial charge in [-0.1, -0.05) is 6.07 Å². The normalized spacial score (nSPS) is 10.3. The minimum atomic E-state index is -0.558. The predicted octanol–water partition coefficient (Wildman–Crippen LogP) is 2.75. The molecule has 0 aliphatic carbocycles. The van der Waals surface area contributed by atoms with E-state index in [1.807, 2.05) is 19.1 Å². The molecule has 2 rings (SSSR count). The Kier molecular flexibility index (Phi) is 4.16. The van der Waals surface area contributed by atoms with Crippen molar-refractivity contribution in [1.82, 2.24) is 10.3 Å². The third kappa shape index (κ3) is 3.54. The number of nitrogens with one attached hydrogen (secondary N) is 1. The lowest BCUT2D eigenvalue weighted by Crippen LogP contribution is -2.23. The van der Waals surface area contributed by atoms with Gasteiger partial charge in [-0.25, -0.2) is 4.39 Å². The lowest BCUT2D eigenvalue weighted by molar-refractivity contribution is 0.0946. The van der Waals surface area contributed by atoms with Crippen LogP contribution in [0.3, 0.4) is 0 Å². The van der Waals surface area contributed by atoms with E-state index in [2.05, 4.69) is 22.9 Å². The van der Waals surface area contributed by atoms with Crippen molar-refractivity contribution in [3.8, 4) is 0 Å². The molecule has 0 aliphatic rings. The zero-order chi connectivity index (χ0) is 13.8. The predicted molar refractivity (Wildman–Crippen MR) is 73.8 cm³/mol. The van der Waals surface area contributed by atoms with Gasteiger partial charge in [-0.15, -0.1) is 12.6 Å². The molecule has 5 heteroatoms. The molecule has 0 saturated carbocycles. The van der Waals surface area contributed by atoms with Gasteiger partial charge in [-0.2, -0.15) is 0 Å². The monoisotopic (exact) mass is 276 g/mol. The summed E-state index contributed by atoms with van der Waals surface area (Å²) in [5.74, 6) is -1.02. The van der Waals surface area contributed by atoms with E-state index in [1.54, 1.807) is 6.20 Å². The smallest absolute Gasteiger partial charge is 0.254 e. The number of thiol groups is 1. The Labute approximate surface area is 116 Å². The number of aromatic nitrogens is 1. The Hall–Kier alpha value is -1.88. The topological polar surface area (TPSA) is 42.0 Å². The summed E-state index contributed by atoms with van der Waals surface area (Å²) in [6, 6.07) is 7.86. The second-order valence-electron chi connectivity index (χ2n) is 4.15. The highest BCUT2D eigenvalue weighted by atomic mass is 32.1. The van der Waals surface area contributed by atoms with Crippen LogP contribution in [-0.4, -0.2) is 10.9 Å². The second-order valence-corrected chi connectivity index (χ2v) is 4.67. The van der Waals surface area contributed by atoms with E-state index in [-0.39, 0.29) is 5.56 Å². The number of pyridine rings is 1. The van der Waals surface area contributed by atoms with Crippen molar-refractivity contribution in [1.29, 1.82) is 0 Å². The van der Waals surface area contributed by atoms with Gasteiger partial charge in [0.1, 0.15) is 5.82 Å². The van der Waals surface area contributed by atoms with Crippen molar-refractivity contribution in [2.75, 3.05) is 0 Å². The van der Waals surface area contributed by atoms with E-state index in [0.29, 0.717) is 11.4 Å². The van der Waals surface area contributed by atoms with Crippen LogP contribution in [0.1, 0.15) is 21.6 Å². The quantitative estimate of drug-likeness (QED) is 0.846. The highest BCUT2D eigenvalue weighted by Gasteiger charge is 2.11. The van der Waals surface area contributed by atoms with Crippen LogP contribution in [0.25, 0.3) is 0 Å². The molecule has 0 unspecified atom stereocenters. The molecular weight excluding hydrogens is 263 g/mol. The number of halogens is 1. The highest BCUT2D eigenvalue weighted by molar-refractivity contribution is 7.80. The summed E-state index contributed by atoms with van der Waals surface area (Å²) in [6.07, 6.45) is 1.68. The Balaban J connectivity index is 2.05. The summed E-state index contributed by atoms with van der Waals surface area (Å²) in [5, 5.41) is 2.65. The first-order chi connectivity index (χ1) is 9.06. The number of nitrogens with zero attached hydrogens (tertiary/aromatic N) is 1. The highest BCUT2D eigenvalue weighted by Crippen LogP contribution is 2.13. The van der Waals surface area contributed by atoms with Crippen molar-refractivity contribution < 1.29 is 9.18 Å². The SMILES string of the molecule is Cc1ccc(CNC(=O)c2cc(S)ccc2F)cn1. The van der Waals surface area contributed by atoms with Crippen molar-refractivity contribution in [2.24, 2.45) is 0 Å². The molecule has 98 valence electrons. The maximum absolute atomic E-state index is 13.5. The Morgan fingerprint density at radius 3 is 2.84 bits per heavy atom. The fourth-order valence-electron chi connectivity index (χ4n) is 1.57. The van der Waals surface area contributed by atoms with E-state index < -0.39 is 11.7 Å². The lowest BCUT2D eigenvalue weighted by atomic mass is 10.2. The molecular formula is C14H13FN2OS. The molecule has 0 spiro atoms. The van der Waals surface area contributed by atoms with Gasteiger partial charge in [0, 0.05) is 23.3 Å². The average molecular weight is 276 g/mol. The molecule has 1 aromatic heterocycles. The van der Waals surface area contributed by atoms with E-state index >= 15 is 0 Å². The summed E-state index contributed by atoms with van der Waals surface area (Å²) in [4.78, 5) is 16.5. The van der Waals surface area contributed by atoms with Gasteiger partial charge in [0.2, 0.25) is 0 Å². The van der Waals surface area contributed by atoms with E-state index in [4.69, 9.17) is 0 Å². The van der Waals surface area contributed by atoms with Gasteiger partial charge in [0.25, 0.3) is 5.91 Å². The Morgan fingerprint density at radius 1 is 1.37 bits per heavy atom. The molecule has 3 nitrogen and oxygen atoms in total. The fraction of sp³-hybridized carbons (Fsp3) is 0.143. The van der Waals surface area contributed by atoms with Gasteiger partial charge < -0.3 is 5.32 Å². The first-order valence-electron chi connectivity index (χ1n) is 5.74. The van der Waals surface area contributed by atoms with Crippen LogP contribution in [-0.2, 0) is 6.54 Å². The van der Waals surface area contributed by atoms with Crippen LogP contribution in [0.15, 0.2) is 41.4 Å². The summed E-state index contributed by atoms with van der Waals surface area (Å²) in [6.45, 7) is 2.19. The number of carbonyl (C=O) groups is 1. The molecule has 19 heavy (non-hydrogen) atoms. The molecule has 2 aromatic rings. The summed E-state index contributed by atoms with van der Waals surface area (Å²) >= 11 is 4.09. The third-order valence-electron chi connectivity index (χ3n) is 2.62. The zero-order valence-electron chi connectivity index (χ0n) is 10.4. The number of aryl methyl sites for hydroxylation is 1. The van der Waals surface area contributed by atoms with Crippen LogP contribution in [0.2, 0.25) is 0 Å². The van der Waals surface area contributed by atoms with Crippen molar-refractivity contribution in [2.45, 2.75) is 18.4 Å². The van der Waals surface area contributed by atoms with Crippen LogP contribution < -0.4 is 5.32 Å². The lowest BCUT2D eigenvalue weighted by Gasteiger charge is -2.07. The van der Waals surface area contributed by atoms with Crippen molar-refractivity contribution in [3.63, 3.8) is 0 Å². The average Bonchev–Trinajstić information content (AvgIpc) is 2.40. The van der Waals surface area contributed by atoms with Crippen LogP contribution in [0, 0.1) is 12.7 Å². The van der Waals surface area contributed by atoms with E-state index in [0.717, 1.165) is 11.3 Å². The van der Waals surface area contributed by atoms with E-state index in [1.165, 1.54) is 18.2 Å². The molecule has 1 aromatic carbocycles. The van der Waals surface area contributed by atoms with Crippen LogP contribution in [0.4, 0.5) is 4.39 Å². The van der Waals surface area contributed by atoms with Gasteiger partial charge >= 0.3 is 0 Å². The van der Waals surface area contributed by atoms with Gasteiger partial charge in [0.05, 0.1) is 5.56 Å². The Morgan fingerprint density at radius 2 is 2.16 bits per heavy atom. The van der Waals surface area contributed by atoms with Crippen LogP contribution in [0.5, 0.6) is 0 Å². The van der Waals surface area contributed by atoms with E-state index in [9.17, 15) is 9.18 Å². The minimum absolute atomic E-state index is 0.00688. The maximum atomic E-state index is 13.5. The zero-order valence-corrected chi connectivity index (χ0v) is 11.2. The molecule has 0 bridgehead atoms. The van der Waals surface area contributed by atoms with Crippen molar-refractivity contribution >= 4 is 18.5 Å². The first-order valence-corrected chi connectivity index (χ1v) is 6.19. The van der Waals surface area contributed by atoms with Crippen molar-refractivity contribution in [3.05, 3.63) is 59.2 Å². The second kappa shape index (κ2) is 5.84. The molecule has 0 saturated heterocycles. The maximum Gasteiger partial charge on any atom is 0.254 e. The molecule has 0 radical (unpaired) electrons.